The van der Waals surface area contributed by atoms with Crippen molar-refractivity contribution in [2.45, 2.75) is 0 Å². The van der Waals surface area contributed by atoms with Crippen LogP contribution in [0.1, 0.15) is 0 Å². The molecule has 2 aromatic rings. The van der Waals surface area contributed by atoms with E-state index in [4.69, 9.17) is 17.3 Å². The zero-order valence-electron chi connectivity index (χ0n) is 6.29. The Balaban J connectivity index is 2.94. The van der Waals surface area contributed by atoms with E-state index in [1.807, 2.05) is 24.3 Å². The first-order valence-electron chi connectivity index (χ1n) is 3.58. The van der Waals surface area contributed by atoms with Crippen LogP contribution >= 0.6 is 11.6 Å². The third-order valence-corrected chi connectivity index (χ3v) is 2.09. The maximum Gasteiger partial charge on any atom is 0.136 e. The third kappa shape index (κ3) is 1.01. The molecule has 0 aliphatic rings. The van der Waals surface area contributed by atoms with Crippen molar-refractivity contribution < 1.29 is 0 Å². The lowest BCUT2D eigenvalue weighted by molar-refractivity contribution is 1.36. The minimum absolute atomic E-state index is 0.500. The highest BCUT2D eigenvalue weighted by Gasteiger charge is 2.00. The first kappa shape index (κ1) is 7.37. The molecule has 0 aliphatic heterocycles. The number of pyridine rings is 1. The maximum atomic E-state index is 5.86. The van der Waals surface area contributed by atoms with Gasteiger partial charge in [0.1, 0.15) is 5.15 Å². The Morgan fingerprint density at radius 3 is 2.75 bits per heavy atom. The molecule has 0 saturated carbocycles. The summed E-state index contributed by atoms with van der Waals surface area (Å²) in [5, 5.41) is 2.36. The van der Waals surface area contributed by atoms with Gasteiger partial charge in [-0.1, -0.05) is 23.7 Å². The van der Waals surface area contributed by atoms with Crippen LogP contribution in [0.5, 0.6) is 0 Å². The Hall–Kier alpha value is -1.28. The van der Waals surface area contributed by atoms with Crippen LogP contribution in [0.15, 0.2) is 30.5 Å². The van der Waals surface area contributed by atoms with E-state index in [-0.39, 0.29) is 0 Å². The number of halogens is 1. The molecular weight excluding hydrogens is 172 g/mol. The van der Waals surface area contributed by atoms with Crippen LogP contribution in [0.25, 0.3) is 10.8 Å². The maximum absolute atomic E-state index is 5.86. The highest BCUT2D eigenvalue weighted by Crippen LogP contribution is 2.24. The van der Waals surface area contributed by atoms with E-state index in [0.29, 0.717) is 5.15 Å². The molecule has 60 valence electrons. The van der Waals surface area contributed by atoms with E-state index in [1.54, 1.807) is 6.20 Å². The molecule has 1 aromatic heterocycles. The summed E-state index contributed by atoms with van der Waals surface area (Å²) in [7, 11) is 0. The van der Waals surface area contributed by atoms with E-state index >= 15 is 0 Å². The van der Waals surface area contributed by atoms with Crippen molar-refractivity contribution in [3.8, 4) is 0 Å². The highest BCUT2D eigenvalue weighted by atomic mass is 35.5. The quantitative estimate of drug-likeness (QED) is 0.497. The van der Waals surface area contributed by atoms with Crippen molar-refractivity contribution >= 4 is 28.1 Å². The Bertz CT molecular complexity index is 385. The molecule has 0 spiro atoms. The predicted octanol–water partition coefficient (Wildman–Crippen LogP) is 2.47. The number of hydrogen-bond acceptors (Lipinski definition) is 2. The van der Waals surface area contributed by atoms with Gasteiger partial charge in [0.15, 0.2) is 0 Å². The molecule has 0 radical (unpaired) electrons. The number of rotatable bonds is 0. The fourth-order valence-corrected chi connectivity index (χ4v) is 1.42. The molecule has 3 heteroatoms. The van der Waals surface area contributed by atoms with Crippen LogP contribution in [-0.2, 0) is 0 Å². The molecule has 0 unspecified atom stereocenters. The number of aromatic nitrogens is 1. The molecule has 0 amide bonds. The van der Waals surface area contributed by atoms with E-state index in [0.717, 1.165) is 16.5 Å². The largest absolute Gasteiger partial charge is 0.398 e. The summed E-state index contributed by atoms with van der Waals surface area (Å²) in [5.74, 6) is 0. The number of anilines is 1. The van der Waals surface area contributed by atoms with Crippen LogP contribution in [0, 0.1) is 0 Å². The van der Waals surface area contributed by atoms with Crippen LogP contribution in [0.3, 0.4) is 0 Å². The topological polar surface area (TPSA) is 38.9 Å². The van der Waals surface area contributed by atoms with E-state index in [1.165, 1.54) is 0 Å². The molecule has 0 atom stereocenters. The van der Waals surface area contributed by atoms with Gasteiger partial charge in [0.25, 0.3) is 0 Å². The number of nitrogens with zero attached hydrogens (tertiary/aromatic N) is 1. The highest BCUT2D eigenvalue weighted by molar-refractivity contribution is 6.34. The van der Waals surface area contributed by atoms with Crippen LogP contribution in [-0.4, -0.2) is 4.98 Å². The Labute approximate surface area is 75.0 Å². The van der Waals surface area contributed by atoms with Gasteiger partial charge in [-0.3, -0.25) is 0 Å². The Morgan fingerprint density at radius 1 is 1.17 bits per heavy atom. The average molecular weight is 179 g/mol. The summed E-state index contributed by atoms with van der Waals surface area (Å²) in [5.41, 5.74) is 6.47. The molecule has 2 N–H and O–H groups in total. The predicted molar refractivity (Wildman–Crippen MR) is 51.2 cm³/mol. The molecule has 2 rings (SSSR count). The summed E-state index contributed by atoms with van der Waals surface area (Å²) in [6.07, 6.45) is 1.65. The molecular formula is C9H7ClN2. The number of hydrogen-bond donors (Lipinski definition) is 1. The Kier molecular flexibility index (Phi) is 1.62. The molecule has 2 nitrogen and oxygen atoms in total. The summed E-state index contributed by atoms with van der Waals surface area (Å²) in [6.45, 7) is 0. The van der Waals surface area contributed by atoms with Gasteiger partial charge in [-0.2, -0.15) is 0 Å². The summed E-state index contributed by atoms with van der Waals surface area (Å²) in [4.78, 5) is 3.96. The number of nitrogen functional groups attached to an aromatic ring is 1. The van der Waals surface area contributed by atoms with Crippen LogP contribution < -0.4 is 5.73 Å². The van der Waals surface area contributed by atoms with Crippen molar-refractivity contribution in [2.75, 3.05) is 5.73 Å². The monoisotopic (exact) mass is 178 g/mol. The second kappa shape index (κ2) is 2.64. The molecule has 0 bridgehead atoms. The van der Waals surface area contributed by atoms with Crippen molar-refractivity contribution in [2.24, 2.45) is 0 Å². The molecule has 1 heterocycles. The number of nitrogens with two attached hydrogens (primary N) is 1. The molecule has 0 aliphatic carbocycles. The average Bonchev–Trinajstić information content (AvgIpc) is 2.07. The summed E-state index contributed by atoms with van der Waals surface area (Å²) >= 11 is 5.86. The van der Waals surface area contributed by atoms with Crippen LogP contribution in [0.2, 0.25) is 5.15 Å². The van der Waals surface area contributed by atoms with Gasteiger partial charge in [-0.15, -0.1) is 0 Å². The van der Waals surface area contributed by atoms with Gasteiger partial charge in [0, 0.05) is 22.7 Å². The van der Waals surface area contributed by atoms with Crippen molar-refractivity contribution in [1.82, 2.24) is 4.98 Å². The fraction of sp³-hybridized carbons (Fsp3) is 0. The van der Waals surface area contributed by atoms with Crippen LogP contribution in [0.4, 0.5) is 5.69 Å². The minimum atomic E-state index is 0.500. The van der Waals surface area contributed by atoms with Gasteiger partial charge in [-0.05, 0) is 12.1 Å². The first-order valence-corrected chi connectivity index (χ1v) is 3.95. The standard InChI is InChI=1S/C9H7ClN2/c10-9-7-2-1-3-8(11)6(7)4-5-12-9/h1-5H,11H2. The fourth-order valence-electron chi connectivity index (χ4n) is 1.20. The van der Waals surface area contributed by atoms with E-state index in [9.17, 15) is 0 Å². The van der Waals surface area contributed by atoms with Gasteiger partial charge in [0.05, 0.1) is 0 Å². The van der Waals surface area contributed by atoms with Crippen molar-refractivity contribution in [1.29, 1.82) is 0 Å². The molecule has 0 saturated heterocycles. The molecule has 1 aromatic carbocycles. The SMILES string of the molecule is Nc1cccc2c(Cl)nccc12. The lowest BCUT2D eigenvalue weighted by atomic mass is 10.1. The van der Waals surface area contributed by atoms with Gasteiger partial charge < -0.3 is 5.73 Å². The van der Waals surface area contributed by atoms with Crippen molar-refractivity contribution in [3.05, 3.63) is 35.6 Å². The zero-order chi connectivity index (χ0) is 8.55. The lowest BCUT2D eigenvalue weighted by Crippen LogP contribution is -1.87. The van der Waals surface area contributed by atoms with Gasteiger partial charge in [-0.25, -0.2) is 4.98 Å². The first-order chi connectivity index (χ1) is 5.79. The summed E-state index contributed by atoms with van der Waals surface area (Å²) in [6, 6.07) is 7.47. The number of fused-ring (bicyclic) bond motifs is 1. The second-order valence-corrected chi connectivity index (χ2v) is 2.90. The second-order valence-electron chi connectivity index (χ2n) is 2.54. The van der Waals surface area contributed by atoms with E-state index < -0.39 is 0 Å². The van der Waals surface area contributed by atoms with E-state index in [2.05, 4.69) is 4.98 Å². The van der Waals surface area contributed by atoms with Gasteiger partial charge in [0.2, 0.25) is 0 Å². The zero-order valence-corrected chi connectivity index (χ0v) is 7.05. The molecule has 0 fully saturated rings. The normalized spacial score (nSPS) is 10.4. The lowest BCUT2D eigenvalue weighted by Gasteiger charge is -2.01. The molecule has 12 heavy (non-hydrogen) atoms. The minimum Gasteiger partial charge on any atom is -0.398 e. The summed E-state index contributed by atoms with van der Waals surface area (Å²) < 4.78 is 0. The Morgan fingerprint density at radius 2 is 2.00 bits per heavy atom. The third-order valence-electron chi connectivity index (χ3n) is 1.79. The van der Waals surface area contributed by atoms with Crippen molar-refractivity contribution in [3.63, 3.8) is 0 Å². The van der Waals surface area contributed by atoms with Gasteiger partial charge >= 0.3 is 0 Å². The smallest absolute Gasteiger partial charge is 0.136 e. The number of benzene rings is 1.